The molecule has 0 spiro atoms. The molecule has 7 heteroatoms. The van der Waals surface area contributed by atoms with E-state index < -0.39 is 48.3 Å². The third-order valence-corrected chi connectivity index (χ3v) is 8.19. The van der Waals surface area contributed by atoms with Crippen molar-refractivity contribution >= 4 is 11.8 Å². The molecule has 1 aliphatic heterocycles. The van der Waals surface area contributed by atoms with E-state index in [4.69, 9.17) is 9.47 Å². The first-order valence-electron chi connectivity index (χ1n) is 14.8. The zero-order valence-electron chi connectivity index (χ0n) is 26.7. The van der Waals surface area contributed by atoms with Gasteiger partial charge in [0.15, 0.2) is 5.78 Å². The molecule has 0 aliphatic carbocycles. The Kier molecular flexibility index (Phi) is 15.8. The minimum Gasteiger partial charge on any atom is -0.456 e. The summed E-state index contributed by atoms with van der Waals surface area (Å²) in [6.07, 6.45) is 9.82. The number of aliphatic hydroxyl groups is 3. The van der Waals surface area contributed by atoms with Crippen LogP contribution in [0.2, 0.25) is 0 Å². The minimum atomic E-state index is -1.13. The third-order valence-electron chi connectivity index (χ3n) is 8.19. The summed E-state index contributed by atoms with van der Waals surface area (Å²) in [6, 6.07) is 0. The average Bonchev–Trinajstić information content (AvgIpc) is 2.93. The standard InChI is InChI=1S/C34H54O7/c1-11-28(35)22(4)15-16-29(36)26(8)32(38)27(9)33-30(40-10)14-12-13-20(2)17-23(5)31(37)24(6)18-21(3)19-25(7)34(39)41-33/h12-16,18-19,22-24,26-28,30-33,35,37-38H,11,17H2,1-10H3/b14-12+,16-15+,20-13+,21-18-,25-19+/t22?,23?,24?,26?,27?,28-,30?,31?,32?,33?/m0/s1. The van der Waals surface area contributed by atoms with Crippen LogP contribution >= 0.6 is 0 Å². The number of allylic oxidation sites excluding steroid dienone is 6. The summed E-state index contributed by atoms with van der Waals surface area (Å²) in [6.45, 7) is 16.6. The number of hydrogen-bond donors (Lipinski definition) is 3. The van der Waals surface area contributed by atoms with Crippen LogP contribution in [0, 0.1) is 29.6 Å². The van der Waals surface area contributed by atoms with E-state index >= 15 is 0 Å². The van der Waals surface area contributed by atoms with Crippen molar-refractivity contribution in [3.8, 4) is 0 Å². The number of aliphatic hydroxyl groups excluding tert-OH is 3. The Morgan fingerprint density at radius 1 is 1.17 bits per heavy atom. The fraction of sp³-hybridized carbons (Fsp3) is 0.647. The zero-order valence-corrected chi connectivity index (χ0v) is 26.7. The average molecular weight is 575 g/mol. The number of ether oxygens (including phenoxy) is 2. The second kappa shape index (κ2) is 17.6. The summed E-state index contributed by atoms with van der Waals surface area (Å²) in [4.78, 5) is 26.2. The molecule has 9 unspecified atom stereocenters. The van der Waals surface area contributed by atoms with Crippen LogP contribution in [0.5, 0.6) is 0 Å². The van der Waals surface area contributed by atoms with Crippen LogP contribution < -0.4 is 0 Å². The molecule has 1 rings (SSSR count). The number of hydrogen-bond acceptors (Lipinski definition) is 7. The summed E-state index contributed by atoms with van der Waals surface area (Å²) >= 11 is 0. The van der Waals surface area contributed by atoms with Crippen LogP contribution in [0.15, 0.2) is 59.3 Å². The molecular weight excluding hydrogens is 520 g/mol. The molecule has 0 saturated heterocycles. The molecule has 7 nitrogen and oxygen atoms in total. The molecule has 0 aromatic rings. The van der Waals surface area contributed by atoms with Gasteiger partial charge >= 0.3 is 5.97 Å². The summed E-state index contributed by atoms with van der Waals surface area (Å²) < 4.78 is 11.7. The van der Waals surface area contributed by atoms with E-state index in [-0.39, 0.29) is 23.5 Å². The minimum absolute atomic E-state index is 0.0316. The maximum atomic E-state index is 13.2. The van der Waals surface area contributed by atoms with Crippen LogP contribution in [0.4, 0.5) is 0 Å². The smallest absolute Gasteiger partial charge is 0.334 e. The zero-order chi connectivity index (χ0) is 31.4. The van der Waals surface area contributed by atoms with Gasteiger partial charge in [-0.05, 0) is 51.7 Å². The molecule has 0 saturated carbocycles. The lowest BCUT2D eigenvalue weighted by Crippen LogP contribution is -2.45. The molecule has 3 N–H and O–H groups in total. The Bertz CT molecular complexity index is 1000. The number of carbonyl (C=O) groups is 2. The van der Waals surface area contributed by atoms with Crippen LogP contribution in [-0.2, 0) is 19.1 Å². The molecule has 0 aromatic heterocycles. The Hall–Kier alpha value is -2.32. The van der Waals surface area contributed by atoms with Crippen molar-refractivity contribution in [3.63, 3.8) is 0 Å². The second-order valence-electron chi connectivity index (χ2n) is 12.0. The van der Waals surface area contributed by atoms with Crippen molar-refractivity contribution in [2.75, 3.05) is 7.11 Å². The SMILES string of the molecule is CC[C@H](O)C(C)/C=C/C(=O)C(C)C(O)C(C)C1OC(=O)/C(C)=C/C(C)=C\C(C)C(O)C(C)C/C(C)=C/C=C/C1OC. The second-order valence-corrected chi connectivity index (χ2v) is 12.0. The number of ketones is 1. The summed E-state index contributed by atoms with van der Waals surface area (Å²) in [7, 11) is 1.51. The van der Waals surface area contributed by atoms with Crippen LogP contribution in [0.1, 0.15) is 75.2 Å². The van der Waals surface area contributed by atoms with Gasteiger partial charge in [-0.25, -0.2) is 4.79 Å². The number of esters is 1. The molecule has 1 aliphatic rings. The predicted octanol–water partition coefficient (Wildman–Crippen LogP) is 5.51. The molecule has 232 valence electrons. The Morgan fingerprint density at radius 2 is 1.80 bits per heavy atom. The quantitative estimate of drug-likeness (QED) is 0.246. The lowest BCUT2D eigenvalue weighted by molar-refractivity contribution is -0.158. The van der Waals surface area contributed by atoms with Crippen LogP contribution in [0.3, 0.4) is 0 Å². The largest absolute Gasteiger partial charge is 0.456 e. The van der Waals surface area contributed by atoms with E-state index in [1.807, 2.05) is 59.8 Å². The molecule has 0 fully saturated rings. The summed E-state index contributed by atoms with van der Waals surface area (Å²) in [5.74, 6) is -2.52. The van der Waals surface area contributed by atoms with E-state index in [2.05, 4.69) is 0 Å². The monoisotopic (exact) mass is 574 g/mol. The highest BCUT2D eigenvalue weighted by molar-refractivity contribution is 5.92. The van der Waals surface area contributed by atoms with Gasteiger partial charge in [0, 0.05) is 36.4 Å². The van der Waals surface area contributed by atoms with E-state index in [1.54, 1.807) is 39.0 Å². The van der Waals surface area contributed by atoms with Crippen LogP contribution in [0.25, 0.3) is 0 Å². The fourth-order valence-corrected chi connectivity index (χ4v) is 5.23. The number of cyclic esters (lactones) is 1. The molecule has 0 bridgehead atoms. The molecule has 0 aromatic carbocycles. The van der Waals surface area contributed by atoms with Crippen molar-refractivity contribution < 1.29 is 34.4 Å². The van der Waals surface area contributed by atoms with E-state index in [9.17, 15) is 24.9 Å². The fourth-order valence-electron chi connectivity index (χ4n) is 5.23. The maximum Gasteiger partial charge on any atom is 0.334 e. The van der Waals surface area contributed by atoms with Gasteiger partial charge in [0.1, 0.15) is 12.2 Å². The molecule has 0 radical (unpaired) electrons. The Labute approximate surface area is 247 Å². The van der Waals surface area contributed by atoms with Crippen molar-refractivity contribution in [2.45, 2.75) is 106 Å². The molecule has 0 amide bonds. The van der Waals surface area contributed by atoms with Gasteiger partial charge in [0.25, 0.3) is 0 Å². The lowest BCUT2D eigenvalue weighted by Gasteiger charge is -2.33. The Morgan fingerprint density at radius 3 is 2.39 bits per heavy atom. The number of carbonyl (C=O) groups excluding carboxylic acids is 2. The van der Waals surface area contributed by atoms with E-state index in [0.29, 0.717) is 18.4 Å². The first-order chi connectivity index (χ1) is 19.1. The van der Waals surface area contributed by atoms with Gasteiger partial charge in [-0.3, -0.25) is 4.79 Å². The third kappa shape index (κ3) is 11.5. The van der Waals surface area contributed by atoms with Gasteiger partial charge in [-0.15, -0.1) is 0 Å². The highest BCUT2D eigenvalue weighted by atomic mass is 16.6. The molecular formula is C34H54O7. The van der Waals surface area contributed by atoms with E-state index in [1.165, 1.54) is 13.2 Å². The normalized spacial score (nSPS) is 33.6. The number of rotatable bonds is 9. The highest BCUT2D eigenvalue weighted by Crippen LogP contribution is 2.27. The van der Waals surface area contributed by atoms with Crippen molar-refractivity contribution in [3.05, 3.63) is 59.3 Å². The first-order valence-corrected chi connectivity index (χ1v) is 14.8. The highest BCUT2D eigenvalue weighted by Gasteiger charge is 2.37. The van der Waals surface area contributed by atoms with Gasteiger partial charge < -0.3 is 24.8 Å². The first kappa shape index (κ1) is 36.7. The van der Waals surface area contributed by atoms with Gasteiger partial charge in [-0.1, -0.05) is 83.1 Å². The van der Waals surface area contributed by atoms with Crippen molar-refractivity contribution in [2.24, 2.45) is 29.6 Å². The van der Waals surface area contributed by atoms with Crippen molar-refractivity contribution in [1.29, 1.82) is 0 Å². The van der Waals surface area contributed by atoms with Gasteiger partial charge in [0.2, 0.25) is 0 Å². The van der Waals surface area contributed by atoms with Gasteiger partial charge in [0.05, 0.1) is 18.3 Å². The lowest BCUT2D eigenvalue weighted by atomic mass is 9.84. The number of methoxy groups -OCH3 is 1. The van der Waals surface area contributed by atoms with Crippen molar-refractivity contribution in [1.82, 2.24) is 0 Å². The van der Waals surface area contributed by atoms with Crippen LogP contribution in [-0.4, -0.2) is 64.7 Å². The Balaban J connectivity index is 3.41. The summed E-state index contributed by atoms with van der Waals surface area (Å²) in [5.41, 5.74) is 2.28. The topological polar surface area (TPSA) is 113 Å². The molecule has 10 atom stereocenters. The van der Waals surface area contributed by atoms with E-state index in [0.717, 1.165) is 11.1 Å². The molecule has 41 heavy (non-hydrogen) atoms. The summed E-state index contributed by atoms with van der Waals surface area (Å²) in [5, 5.41) is 32.1. The maximum absolute atomic E-state index is 13.2. The predicted molar refractivity (Wildman–Crippen MR) is 164 cm³/mol. The van der Waals surface area contributed by atoms with Gasteiger partial charge in [-0.2, -0.15) is 0 Å². The molecule has 1 heterocycles.